The van der Waals surface area contributed by atoms with E-state index in [1.165, 1.54) is 0 Å². The van der Waals surface area contributed by atoms with E-state index in [0.29, 0.717) is 0 Å². The van der Waals surface area contributed by atoms with Crippen LogP contribution in [-0.4, -0.2) is 24.9 Å². The average Bonchev–Trinajstić information content (AvgIpc) is 1.36. The highest BCUT2D eigenvalue weighted by Gasteiger charge is 2.07. The standard InChI is InChI=1S/BH3O4S/c2-1(3)6(4)5/h2-3,6H. The Kier molecular flexibility index (Phi) is 2.15. The summed E-state index contributed by atoms with van der Waals surface area (Å²) in [5.41, 5.74) is 0. The van der Waals surface area contributed by atoms with Gasteiger partial charge >= 0.3 is 6.40 Å². The molecule has 0 fully saturated rings. The summed E-state index contributed by atoms with van der Waals surface area (Å²) in [4.78, 5) is 0. The summed E-state index contributed by atoms with van der Waals surface area (Å²) in [6, 6.07) is 0. The normalized spacial score (nSPS) is 9.17. The number of hydrogen-bond donors (Lipinski definition) is 3. The number of rotatable bonds is 1. The number of thiol groups is 1. The van der Waals surface area contributed by atoms with Gasteiger partial charge in [-0.05, 0) is 0 Å². The largest absolute Gasteiger partial charge is 0.589 e. The van der Waals surface area contributed by atoms with Gasteiger partial charge in [0, 0.05) is 0 Å². The van der Waals surface area contributed by atoms with Crippen molar-refractivity contribution in [2.75, 3.05) is 0 Å². The number of hydrogen-bond acceptors (Lipinski definition) is 4. The second kappa shape index (κ2) is 2.17. The Hall–Kier alpha value is -0.0651. The molecule has 0 unspecified atom stereocenters. The molecule has 0 saturated carbocycles. The predicted molar refractivity (Wildman–Crippen MR) is 20.5 cm³/mol. The van der Waals surface area contributed by atoms with Gasteiger partial charge in [0.1, 0.15) is 0 Å². The van der Waals surface area contributed by atoms with Gasteiger partial charge in [-0.3, -0.25) is 0 Å². The summed E-state index contributed by atoms with van der Waals surface area (Å²) in [5.74, 6) is 0. The second-order valence-electron chi connectivity index (χ2n) is 0.632. The molecule has 4 nitrogen and oxygen atoms in total. The van der Waals surface area contributed by atoms with E-state index < -0.39 is 17.0 Å². The van der Waals surface area contributed by atoms with Gasteiger partial charge in [0.05, 0.1) is 0 Å². The zero-order chi connectivity index (χ0) is 5.15. The van der Waals surface area contributed by atoms with E-state index in [4.69, 9.17) is 10.0 Å². The van der Waals surface area contributed by atoms with Gasteiger partial charge in [0.15, 0.2) is 10.6 Å². The molecule has 0 rings (SSSR count). The lowest BCUT2D eigenvalue weighted by atomic mass is 10.4. The summed E-state index contributed by atoms with van der Waals surface area (Å²) in [6.45, 7) is 0. The van der Waals surface area contributed by atoms with Gasteiger partial charge in [-0.1, -0.05) is 0 Å². The molecule has 2 N–H and O–H groups in total. The molecule has 0 aromatic heterocycles. The lowest BCUT2D eigenvalue weighted by Crippen LogP contribution is -2.12. The molecule has 0 amide bonds. The van der Waals surface area contributed by atoms with Crippen molar-refractivity contribution in [2.24, 2.45) is 0 Å². The minimum absolute atomic E-state index is 2.19. The first-order chi connectivity index (χ1) is 2.64. The first-order valence-electron chi connectivity index (χ1n) is 1.14. The summed E-state index contributed by atoms with van der Waals surface area (Å²) in [7, 11) is -3.05. The van der Waals surface area contributed by atoms with Crippen molar-refractivity contribution in [3.05, 3.63) is 0 Å². The van der Waals surface area contributed by atoms with Crippen molar-refractivity contribution < 1.29 is 18.5 Å². The maximum absolute atomic E-state index is 9.24. The summed E-state index contributed by atoms with van der Waals surface area (Å²) in [5, 5.41) is 15.2. The molecule has 0 saturated heterocycles. The van der Waals surface area contributed by atoms with Crippen LogP contribution in [0.1, 0.15) is 0 Å². The smallest absolute Gasteiger partial charge is 0.415 e. The van der Waals surface area contributed by atoms with Crippen LogP contribution in [0.4, 0.5) is 0 Å². The summed E-state index contributed by atoms with van der Waals surface area (Å²) >= 11 is 0. The van der Waals surface area contributed by atoms with Crippen molar-refractivity contribution in [3.8, 4) is 0 Å². The lowest BCUT2D eigenvalue weighted by molar-refractivity contribution is 0.430. The van der Waals surface area contributed by atoms with Crippen LogP contribution >= 0.6 is 0 Å². The molecule has 0 spiro atoms. The maximum Gasteiger partial charge on any atom is 0.589 e. The van der Waals surface area contributed by atoms with E-state index in [1.807, 2.05) is 0 Å². The summed E-state index contributed by atoms with van der Waals surface area (Å²) in [6.07, 6.45) is -2.19. The van der Waals surface area contributed by atoms with Gasteiger partial charge in [0.25, 0.3) is 0 Å². The molecule has 0 bridgehead atoms. The Morgan fingerprint density at radius 3 is 1.50 bits per heavy atom. The fourth-order valence-electron chi connectivity index (χ4n) is 0. The highest BCUT2D eigenvalue weighted by Crippen LogP contribution is 1.60. The molecule has 0 aromatic rings. The SMILES string of the molecule is O=[SH](=O)B(O)O. The highest BCUT2D eigenvalue weighted by molar-refractivity contribution is 8.01. The van der Waals surface area contributed by atoms with Crippen LogP contribution in [0.3, 0.4) is 0 Å². The average molecular weight is 110 g/mol. The van der Waals surface area contributed by atoms with Crippen LogP contribution in [-0.2, 0) is 10.6 Å². The van der Waals surface area contributed by atoms with E-state index in [9.17, 15) is 8.42 Å². The zero-order valence-corrected chi connectivity index (χ0v) is 3.63. The van der Waals surface area contributed by atoms with E-state index >= 15 is 0 Å². The molecule has 0 heterocycles. The molecule has 0 radical (unpaired) electrons. The quantitative estimate of drug-likeness (QED) is 0.259. The van der Waals surface area contributed by atoms with Crippen LogP contribution in [0.2, 0.25) is 0 Å². The molecule has 6 heteroatoms. The first-order valence-corrected chi connectivity index (χ1v) is 2.39. The Labute approximate surface area is 36.4 Å². The zero-order valence-electron chi connectivity index (χ0n) is 2.74. The second-order valence-corrected chi connectivity index (χ2v) is 1.66. The molecular formula is H3BO4S. The minimum atomic E-state index is -3.05. The molecule has 0 aliphatic carbocycles. The Morgan fingerprint density at radius 1 is 1.33 bits per heavy atom. The van der Waals surface area contributed by atoms with Crippen LogP contribution < -0.4 is 0 Å². The fraction of sp³-hybridized carbons (Fsp3) is 0. The third-order valence-electron chi connectivity index (χ3n) is 0.189. The lowest BCUT2D eigenvalue weighted by Gasteiger charge is -1.73. The fourth-order valence-corrected chi connectivity index (χ4v) is 0. The molecule has 0 aliphatic heterocycles. The Bertz CT molecular complexity index is 83.7. The molecule has 36 valence electrons. The van der Waals surface area contributed by atoms with Crippen LogP contribution in [0.15, 0.2) is 0 Å². The van der Waals surface area contributed by atoms with E-state index in [0.717, 1.165) is 0 Å². The Balaban J connectivity index is 3.57. The van der Waals surface area contributed by atoms with E-state index in [1.54, 1.807) is 0 Å². The topological polar surface area (TPSA) is 74.6 Å². The Morgan fingerprint density at radius 2 is 1.50 bits per heavy atom. The van der Waals surface area contributed by atoms with E-state index in [2.05, 4.69) is 0 Å². The van der Waals surface area contributed by atoms with Gasteiger partial charge < -0.3 is 10.0 Å². The van der Waals surface area contributed by atoms with Gasteiger partial charge in [-0.25, -0.2) is 8.42 Å². The minimum Gasteiger partial charge on any atom is -0.415 e. The monoisotopic (exact) mass is 110 g/mol. The van der Waals surface area contributed by atoms with E-state index in [-0.39, 0.29) is 0 Å². The highest BCUT2D eigenvalue weighted by atomic mass is 32.2. The molecule has 0 aromatic carbocycles. The van der Waals surface area contributed by atoms with Crippen LogP contribution in [0, 0.1) is 0 Å². The molecule has 0 aliphatic rings. The van der Waals surface area contributed by atoms with Crippen molar-refractivity contribution >= 4 is 17.0 Å². The van der Waals surface area contributed by atoms with Crippen molar-refractivity contribution in [1.29, 1.82) is 0 Å². The van der Waals surface area contributed by atoms with Crippen molar-refractivity contribution in [3.63, 3.8) is 0 Å². The molecular weight excluding hydrogens is 107 g/mol. The third kappa shape index (κ3) is 2.19. The molecule has 6 heavy (non-hydrogen) atoms. The maximum atomic E-state index is 9.24. The third-order valence-corrected chi connectivity index (χ3v) is 0.566. The summed E-state index contributed by atoms with van der Waals surface area (Å²) < 4.78 is 18.5. The van der Waals surface area contributed by atoms with Crippen LogP contribution in [0.25, 0.3) is 0 Å². The van der Waals surface area contributed by atoms with Gasteiger partial charge in [-0.2, -0.15) is 0 Å². The van der Waals surface area contributed by atoms with Crippen molar-refractivity contribution in [2.45, 2.75) is 0 Å². The van der Waals surface area contributed by atoms with Crippen LogP contribution in [0.5, 0.6) is 0 Å². The first kappa shape index (κ1) is 5.93. The van der Waals surface area contributed by atoms with Crippen molar-refractivity contribution in [1.82, 2.24) is 0 Å². The van der Waals surface area contributed by atoms with Gasteiger partial charge in [0.2, 0.25) is 0 Å². The van der Waals surface area contributed by atoms with Gasteiger partial charge in [-0.15, -0.1) is 0 Å². The predicted octanol–water partition coefficient (Wildman–Crippen LogP) is -2.43. The molecule has 0 atom stereocenters.